The molecule has 1 aromatic rings. The maximum Gasteiger partial charge on any atom is 0.122 e. The summed E-state index contributed by atoms with van der Waals surface area (Å²) in [6.45, 7) is 2.10. The minimum atomic E-state index is 0.579. The summed E-state index contributed by atoms with van der Waals surface area (Å²) in [6.07, 6.45) is 2.37. The molecule has 0 unspecified atom stereocenters. The van der Waals surface area contributed by atoms with E-state index in [0.717, 1.165) is 18.6 Å². The molecule has 0 aromatic heterocycles. The fourth-order valence-electron chi connectivity index (χ4n) is 1.46. The van der Waals surface area contributed by atoms with E-state index in [1.165, 1.54) is 11.1 Å². The highest BCUT2D eigenvalue weighted by Crippen LogP contribution is 2.20. The topological polar surface area (TPSA) is 33.0 Å². The van der Waals surface area contributed by atoms with Gasteiger partial charge >= 0.3 is 0 Å². The number of rotatable bonds is 4. The van der Waals surface area contributed by atoms with Gasteiger partial charge in [-0.15, -0.1) is 0 Å². The van der Waals surface area contributed by atoms with Crippen molar-refractivity contribution in [1.82, 2.24) is 0 Å². The van der Waals surface area contributed by atoms with Crippen LogP contribution in [0.3, 0.4) is 0 Å². The fraction of sp³-hybridized carbons (Fsp3) is 0.417. The van der Waals surface area contributed by atoms with Crippen molar-refractivity contribution in [2.75, 3.05) is 7.11 Å². The molecule has 1 rings (SSSR count). The molecule has 0 saturated heterocycles. The predicted molar refractivity (Wildman–Crippen MR) is 56.3 cm³/mol. The van der Waals surface area contributed by atoms with Crippen LogP contribution in [-0.2, 0) is 12.8 Å². The van der Waals surface area contributed by atoms with Crippen LogP contribution < -0.4 is 4.74 Å². The highest BCUT2D eigenvalue weighted by molar-refractivity contribution is 5.37. The molecule has 2 heteroatoms. The summed E-state index contributed by atoms with van der Waals surface area (Å²) in [7, 11) is 1.68. The first-order chi connectivity index (χ1) is 6.81. The van der Waals surface area contributed by atoms with Crippen molar-refractivity contribution < 1.29 is 4.74 Å². The van der Waals surface area contributed by atoms with E-state index in [9.17, 15) is 0 Å². The number of nitriles is 1. The predicted octanol–water partition coefficient (Wildman–Crippen LogP) is 2.71. The van der Waals surface area contributed by atoms with Gasteiger partial charge in [-0.1, -0.05) is 19.1 Å². The first kappa shape index (κ1) is 10.6. The second-order valence-corrected chi connectivity index (χ2v) is 3.16. The minimum absolute atomic E-state index is 0.579. The van der Waals surface area contributed by atoms with Crippen LogP contribution in [-0.4, -0.2) is 7.11 Å². The number of benzene rings is 1. The number of nitrogens with zero attached hydrogens (tertiary/aromatic N) is 1. The highest BCUT2D eigenvalue weighted by atomic mass is 16.5. The lowest BCUT2D eigenvalue weighted by Crippen LogP contribution is -1.93. The summed E-state index contributed by atoms with van der Waals surface area (Å²) in [5.41, 5.74) is 2.42. The standard InChI is InChI=1S/C12H15NO/c1-3-11-9-10(5-4-8-13)6-7-12(11)14-2/h6-7,9H,3-5H2,1-2H3. The summed E-state index contributed by atoms with van der Waals surface area (Å²) < 4.78 is 5.23. The molecule has 0 spiro atoms. The Labute approximate surface area is 85.1 Å². The third-order valence-electron chi connectivity index (χ3n) is 2.25. The first-order valence-electron chi connectivity index (χ1n) is 4.84. The maximum atomic E-state index is 8.48. The van der Waals surface area contributed by atoms with Crippen LogP contribution in [0.1, 0.15) is 24.5 Å². The molecule has 74 valence electrons. The largest absolute Gasteiger partial charge is 0.496 e. The lowest BCUT2D eigenvalue weighted by molar-refractivity contribution is 0.410. The molecular formula is C12H15NO. The van der Waals surface area contributed by atoms with Gasteiger partial charge in [-0.3, -0.25) is 0 Å². The Kier molecular flexibility index (Phi) is 4.00. The summed E-state index contributed by atoms with van der Waals surface area (Å²) >= 11 is 0. The lowest BCUT2D eigenvalue weighted by Gasteiger charge is -2.08. The lowest BCUT2D eigenvalue weighted by atomic mass is 10.0. The van der Waals surface area contributed by atoms with Crippen LogP contribution in [0.4, 0.5) is 0 Å². The van der Waals surface area contributed by atoms with Crippen molar-refractivity contribution in [2.45, 2.75) is 26.2 Å². The van der Waals surface area contributed by atoms with E-state index in [-0.39, 0.29) is 0 Å². The van der Waals surface area contributed by atoms with Gasteiger partial charge in [0.25, 0.3) is 0 Å². The zero-order valence-electron chi connectivity index (χ0n) is 8.71. The number of hydrogen-bond donors (Lipinski definition) is 0. The van der Waals surface area contributed by atoms with E-state index >= 15 is 0 Å². The Morgan fingerprint density at radius 1 is 1.43 bits per heavy atom. The van der Waals surface area contributed by atoms with Crippen LogP contribution in [0.25, 0.3) is 0 Å². The van der Waals surface area contributed by atoms with Gasteiger partial charge in [0.15, 0.2) is 0 Å². The molecule has 0 amide bonds. The molecule has 1 aromatic carbocycles. The van der Waals surface area contributed by atoms with E-state index in [0.29, 0.717) is 6.42 Å². The fourth-order valence-corrected chi connectivity index (χ4v) is 1.46. The monoisotopic (exact) mass is 189 g/mol. The van der Waals surface area contributed by atoms with Crippen LogP contribution in [0.5, 0.6) is 5.75 Å². The smallest absolute Gasteiger partial charge is 0.122 e. The number of hydrogen-bond acceptors (Lipinski definition) is 2. The van der Waals surface area contributed by atoms with E-state index in [1.807, 2.05) is 12.1 Å². The number of aryl methyl sites for hydroxylation is 2. The third-order valence-corrected chi connectivity index (χ3v) is 2.25. The molecule has 0 N–H and O–H groups in total. The zero-order chi connectivity index (χ0) is 10.4. The highest BCUT2D eigenvalue weighted by Gasteiger charge is 2.01. The quantitative estimate of drug-likeness (QED) is 0.729. The second-order valence-electron chi connectivity index (χ2n) is 3.16. The SMILES string of the molecule is CCc1cc(CCC#N)ccc1OC. The van der Waals surface area contributed by atoms with Crippen molar-refractivity contribution in [3.8, 4) is 11.8 Å². The van der Waals surface area contributed by atoms with Crippen LogP contribution in [0.2, 0.25) is 0 Å². The third kappa shape index (κ3) is 2.50. The maximum absolute atomic E-state index is 8.48. The summed E-state index contributed by atoms with van der Waals surface area (Å²) in [4.78, 5) is 0. The van der Waals surface area contributed by atoms with Gasteiger partial charge < -0.3 is 4.74 Å². The van der Waals surface area contributed by atoms with Gasteiger partial charge in [-0.2, -0.15) is 5.26 Å². The van der Waals surface area contributed by atoms with Crippen LogP contribution in [0, 0.1) is 11.3 Å². The molecule has 0 fully saturated rings. The molecule has 0 heterocycles. The second kappa shape index (κ2) is 5.29. The Hall–Kier alpha value is -1.49. The molecule has 0 atom stereocenters. The molecule has 0 radical (unpaired) electrons. The first-order valence-corrected chi connectivity index (χ1v) is 4.84. The average molecular weight is 189 g/mol. The van der Waals surface area contributed by atoms with Gasteiger partial charge in [-0.25, -0.2) is 0 Å². The van der Waals surface area contributed by atoms with Gasteiger partial charge in [0.2, 0.25) is 0 Å². The van der Waals surface area contributed by atoms with Gasteiger partial charge in [-0.05, 0) is 30.0 Å². The van der Waals surface area contributed by atoms with Crippen LogP contribution in [0.15, 0.2) is 18.2 Å². The van der Waals surface area contributed by atoms with Crippen molar-refractivity contribution in [2.24, 2.45) is 0 Å². The Bertz CT molecular complexity index is 339. The molecule has 0 saturated carbocycles. The Balaban J connectivity index is 2.85. The van der Waals surface area contributed by atoms with Crippen molar-refractivity contribution in [3.05, 3.63) is 29.3 Å². The van der Waals surface area contributed by atoms with E-state index < -0.39 is 0 Å². The van der Waals surface area contributed by atoms with Gasteiger partial charge in [0.05, 0.1) is 13.2 Å². The molecule has 0 aliphatic rings. The molecular weight excluding hydrogens is 174 g/mol. The average Bonchev–Trinajstić information content (AvgIpc) is 2.25. The van der Waals surface area contributed by atoms with Crippen molar-refractivity contribution >= 4 is 0 Å². The summed E-state index contributed by atoms with van der Waals surface area (Å²) in [5.74, 6) is 0.938. The van der Waals surface area contributed by atoms with E-state index in [2.05, 4.69) is 19.1 Å². The summed E-state index contributed by atoms with van der Waals surface area (Å²) in [6, 6.07) is 8.27. The molecule has 0 aliphatic carbocycles. The summed E-state index contributed by atoms with van der Waals surface area (Å²) in [5, 5.41) is 8.48. The Morgan fingerprint density at radius 2 is 2.21 bits per heavy atom. The van der Waals surface area contributed by atoms with Crippen molar-refractivity contribution in [1.29, 1.82) is 5.26 Å². The molecule has 0 bridgehead atoms. The number of ether oxygens (including phenoxy) is 1. The number of methoxy groups -OCH3 is 1. The van der Waals surface area contributed by atoms with E-state index in [1.54, 1.807) is 7.11 Å². The van der Waals surface area contributed by atoms with Gasteiger partial charge in [0.1, 0.15) is 5.75 Å². The normalized spacial score (nSPS) is 9.50. The molecule has 0 aliphatic heterocycles. The van der Waals surface area contributed by atoms with Gasteiger partial charge in [0, 0.05) is 6.42 Å². The minimum Gasteiger partial charge on any atom is -0.496 e. The zero-order valence-corrected chi connectivity index (χ0v) is 8.71. The van der Waals surface area contributed by atoms with Crippen molar-refractivity contribution in [3.63, 3.8) is 0 Å². The van der Waals surface area contributed by atoms with Crippen LogP contribution >= 0.6 is 0 Å². The molecule has 14 heavy (non-hydrogen) atoms. The van der Waals surface area contributed by atoms with E-state index in [4.69, 9.17) is 10.00 Å². The Morgan fingerprint density at radius 3 is 2.79 bits per heavy atom. The molecule has 2 nitrogen and oxygen atoms in total.